The Morgan fingerprint density at radius 2 is 2.32 bits per heavy atom. The van der Waals surface area contributed by atoms with E-state index in [-0.39, 0.29) is 30.1 Å². The molecule has 1 aliphatic rings. The highest BCUT2D eigenvalue weighted by Gasteiger charge is 2.38. The number of anilines is 1. The molecule has 0 spiro atoms. The molecule has 116 valence electrons. The van der Waals surface area contributed by atoms with Gasteiger partial charge in [-0.15, -0.1) is 11.3 Å². The van der Waals surface area contributed by atoms with Crippen LogP contribution < -0.4 is 5.73 Å². The number of alkyl halides is 2. The lowest BCUT2D eigenvalue weighted by Gasteiger charge is -2.14. The molecule has 0 unspecified atom stereocenters. The summed E-state index contributed by atoms with van der Waals surface area (Å²) in [5.41, 5.74) is 6.77. The molecule has 1 saturated heterocycles. The Bertz CT molecular complexity index is 704. The van der Waals surface area contributed by atoms with Crippen molar-refractivity contribution in [1.29, 1.82) is 0 Å². The minimum absolute atomic E-state index is 0.110. The Morgan fingerprint density at radius 3 is 3.00 bits per heavy atom. The van der Waals surface area contributed by atoms with Crippen molar-refractivity contribution >= 4 is 22.9 Å². The van der Waals surface area contributed by atoms with E-state index in [1.54, 1.807) is 11.0 Å². The fourth-order valence-corrected chi connectivity index (χ4v) is 3.28. The van der Waals surface area contributed by atoms with Gasteiger partial charge in [-0.25, -0.2) is 18.7 Å². The summed E-state index contributed by atoms with van der Waals surface area (Å²) in [5.74, 6) is -2.72. The second-order valence-electron chi connectivity index (χ2n) is 5.29. The summed E-state index contributed by atoms with van der Waals surface area (Å²) in [4.78, 5) is 22.1. The number of hydrogen-bond donors (Lipinski definition) is 1. The average Bonchev–Trinajstić information content (AvgIpc) is 3.06. The van der Waals surface area contributed by atoms with Crippen molar-refractivity contribution in [2.45, 2.75) is 18.9 Å². The Balaban J connectivity index is 1.72. The summed E-state index contributed by atoms with van der Waals surface area (Å²) in [6.07, 6.45) is 2.55. The maximum atomic E-state index is 13.2. The number of likely N-dealkylation sites (tertiary alicyclic amines) is 1. The van der Waals surface area contributed by atoms with Gasteiger partial charge >= 0.3 is 0 Å². The predicted octanol–water partition coefficient (Wildman–Crippen LogP) is 2.19. The van der Waals surface area contributed by atoms with E-state index in [1.807, 2.05) is 5.38 Å². The summed E-state index contributed by atoms with van der Waals surface area (Å²) >= 11 is 1.27. The molecule has 0 aliphatic carbocycles. The molecule has 0 aromatic carbocycles. The molecule has 5 nitrogen and oxygen atoms in total. The average molecular weight is 324 g/mol. The lowest BCUT2D eigenvalue weighted by Crippen LogP contribution is -2.24. The van der Waals surface area contributed by atoms with Gasteiger partial charge in [-0.3, -0.25) is 9.69 Å². The molecule has 3 heterocycles. The fraction of sp³-hybridized carbons (Fsp3) is 0.357. The predicted molar refractivity (Wildman–Crippen MR) is 79.0 cm³/mol. The molecule has 1 aliphatic heterocycles. The Hall–Kier alpha value is -1.93. The Labute approximate surface area is 129 Å². The SMILES string of the molecule is Nc1ncncc1C(=O)c1cc(CN2CCC(F)(F)C2)cs1. The minimum Gasteiger partial charge on any atom is -0.383 e. The number of ketones is 1. The standard InChI is InChI=1S/C14H14F2N4OS/c15-14(16)1-2-20(7-14)5-9-3-11(22-6-9)12(21)10-4-18-8-19-13(10)17/h3-4,6,8H,1-2,5,7H2,(H2,17,18,19). The van der Waals surface area contributed by atoms with Crippen molar-refractivity contribution in [3.63, 3.8) is 0 Å². The summed E-state index contributed by atoms with van der Waals surface area (Å²) in [5, 5.41) is 1.81. The van der Waals surface area contributed by atoms with Gasteiger partial charge < -0.3 is 5.73 Å². The maximum Gasteiger partial charge on any atom is 0.261 e. The summed E-state index contributed by atoms with van der Waals surface area (Å²) in [6.45, 7) is 0.553. The normalized spacial score (nSPS) is 17.7. The highest BCUT2D eigenvalue weighted by Crippen LogP contribution is 2.29. The van der Waals surface area contributed by atoms with E-state index in [9.17, 15) is 13.6 Å². The Kier molecular flexibility index (Phi) is 3.88. The third-order valence-corrected chi connectivity index (χ3v) is 4.50. The van der Waals surface area contributed by atoms with E-state index in [0.717, 1.165) is 5.56 Å². The van der Waals surface area contributed by atoms with Crippen molar-refractivity contribution in [3.8, 4) is 0 Å². The number of nitrogen functional groups attached to an aromatic ring is 1. The first-order valence-electron chi connectivity index (χ1n) is 6.72. The lowest BCUT2D eigenvalue weighted by molar-refractivity contribution is 0.0115. The van der Waals surface area contributed by atoms with Crippen molar-refractivity contribution in [2.24, 2.45) is 0 Å². The van der Waals surface area contributed by atoms with Crippen LogP contribution in [0.15, 0.2) is 24.0 Å². The van der Waals surface area contributed by atoms with E-state index in [1.165, 1.54) is 23.9 Å². The van der Waals surface area contributed by atoms with Crippen molar-refractivity contribution < 1.29 is 13.6 Å². The number of halogens is 2. The number of nitrogens with zero attached hydrogens (tertiary/aromatic N) is 3. The van der Waals surface area contributed by atoms with Crippen LogP contribution in [0.1, 0.15) is 27.2 Å². The summed E-state index contributed by atoms with van der Waals surface area (Å²) in [6, 6.07) is 1.72. The molecule has 22 heavy (non-hydrogen) atoms. The third kappa shape index (κ3) is 3.12. The monoisotopic (exact) mass is 324 g/mol. The van der Waals surface area contributed by atoms with Crippen LogP contribution in [0, 0.1) is 0 Å². The van der Waals surface area contributed by atoms with Gasteiger partial charge in [-0.2, -0.15) is 0 Å². The van der Waals surface area contributed by atoms with E-state index in [0.29, 0.717) is 18.0 Å². The van der Waals surface area contributed by atoms with Gasteiger partial charge in [0.25, 0.3) is 5.92 Å². The number of hydrogen-bond acceptors (Lipinski definition) is 6. The van der Waals surface area contributed by atoms with E-state index in [4.69, 9.17) is 5.73 Å². The van der Waals surface area contributed by atoms with Crippen molar-refractivity contribution in [2.75, 3.05) is 18.8 Å². The molecule has 3 rings (SSSR count). The molecule has 2 aromatic rings. The summed E-state index contributed by atoms with van der Waals surface area (Å²) in [7, 11) is 0. The maximum absolute atomic E-state index is 13.2. The van der Waals surface area contributed by atoms with E-state index in [2.05, 4.69) is 9.97 Å². The molecule has 1 fully saturated rings. The van der Waals surface area contributed by atoms with Crippen molar-refractivity contribution in [1.82, 2.24) is 14.9 Å². The van der Waals surface area contributed by atoms with E-state index >= 15 is 0 Å². The second kappa shape index (κ2) is 5.69. The molecule has 0 atom stereocenters. The molecule has 2 N–H and O–H groups in total. The lowest BCUT2D eigenvalue weighted by atomic mass is 10.1. The Morgan fingerprint density at radius 1 is 1.50 bits per heavy atom. The highest BCUT2D eigenvalue weighted by atomic mass is 32.1. The van der Waals surface area contributed by atoms with Crippen molar-refractivity contribution in [3.05, 3.63) is 40.0 Å². The summed E-state index contributed by atoms with van der Waals surface area (Å²) < 4.78 is 26.4. The topological polar surface area (TPSA) is 72.1 Å². The van der Waals surface area contributed by atoms with Crippen LogP contribution in [0.3, 0.4) is 0 Å². The number of rotatable bonds is 4. The number of aromatic nitrogens is 2. The van der Waals surface area contributed by atoms with Crippen LogP contribution >= 0.6 is 11.3 Å². The van der Waals surface area contributed by atoms with Crippen LogP contribution in [0.4, 0.5) is 14.6 Å². The van der Waals surface area contributed by atoms with Gasteiger partial charge in [0.2, 0.25) is 5.78 Å². The molecule has 0 radical (unpaired) electrons. The van der Waals surface area contributed by atoms with Crippen LogP contribution in [-0.2, 0) is 6.54 Å². The first-order valence-corrected chi connectivity index (χ1v) is 7.60. The van der Waals surface area contributed by atoms with Gasteiger partial charge in [-0.05, 0) is 17.0 Å². The second-order valence-corrected chi connectivity index (χ2v) is 6.20. The minimum atomic E-state index is -2.61. The molecule has 2 aromatic heterocycles. The van der Waals surface area contributed by atoms with Crippen LogP contribution in [-0.4, -0.2) is 39.7 Å². The molecular formula is C14H14F2N4OS. The van der Waals surface area contributed by atoms with Gasteiger partial charge in [-0.1, -0.05) is 0 Å². The number of nitrogens with two attached hydrogens (primary N) is 1. The smallest absolute Gasteiger partial charge is 0.261 e. The number of carbonyl (C=O) groups is 1. The largest absolute Gasteiger partial charge is 0.383 e. The molecule has 0 saturated carbocycles. The van der Waals surface area contributed by atoms with Gasteiger partial charge in [0.15, 0.2) is 0 Å². The number of thiophene rings is 1. The molecule has 8 heteroatoms. The molecule has 0 amide bonds. The number of carbonyl (C=O) groups excluding carboxylic acids is 1. The quantitative estimate of drug-likeness (QED) is 0.873. The molecule has 0 bridgehead atoms. The third-order valence-electron chi connectivity index (χ3n) is 3.52. The zero-order valence-corrected chi connectivity index (χ0v) is 12.4. The van der Waals surface area contributed by atoms with Gasteiger partial charge in [0.05, 0.1) is 17.0 Å². The van der Waals surface area contributed by atoms with Crippen LogP contribution in [0.25, 0.3) is 0 Å². The van der Waals surface area contributed by atoms with E-state index < -0.39 is 5.92 Å². The van der Waals surface area contributed by atoms with Gasteiger partial charge in [0.1, 0.15) is 12.1 Å². The van der Waals surface area contributed by atoms with Gasteiger partial charge in [0, 0.05) is 25.7 Å². The molecular weight excluding hydrogens is 310 g/mol. The zero-order valence-electron chi connectivity index (χ0n) is 11.6. The first kappa shape index (κ1) is 15.0. The highest BCUT2D eigenvalue weighted by molar-refractivity contribution is 7.12. The van der Waals surface area contributed by atoms with Crippen LogP contribution in [0.2, 0.25) is 0 Å². The fourth-order valence-electron chi connectivity index (χ4n) is 2.42. The first-order chi connectivity index (χ1) is 10.4. The van der Waals surface area contributed by atoms with Crippen LogP contribution in [0.5, 0.6) is 0 Å². The zero-order chi connectivity index (χ0) is 15.7.